The molecular formula is C21H29IN4S. The van der Waals surface area contributed by atoms with Crippen molar-refractivity contribution in [3.05, 3.63) is 57.6 Å². The van der Waals surface area contributed by atoms with Crippen molar-refractivity contribution in [2.24, 2.45) is 4.99 Å². The van der Waals surface area contributed by atoms with E-state index in [2.05, 4.69) is 72.4 Å². The molecule has 0 bridgehead atoms. The maximum Gasteiger partial charge on any atom is 0.194 e. The first kappa shape index (κ1) is 21.9. The summed E-state index contributed by atoms with van der Waals surface area (Å²) in [4.78, 5) is 13.1. The van der Waals surface area contributed by atoms with Crippen LogP contribution in [0.25, 0.3) is 5.57 Å². The third kappa shape index (κ3) is 6.04. The van der Waals surface area contributed by atoms with Crippen molar-refractivity contribution < 1.29 is 0 Å². The Hall–Kier alpha value is -1.41. The van der Waals surface area contributed by atoms with Gasteiger partial charge in [-0.25, -0.2) is 4.98 Å². The molecule has 3 rings (SSSR count). The van der Waals surface area contributed by atoms with Gasteiger partial charge in [0.1, 0.15) is 0 Å². The fraction of sp³-hybridized carbons (Fsp3) is 0.429. The molecule has 0 fully saturated rings. The summed E-state index contributed by atoms with van der Waals surface area (Å²) in [5.74, 6) is 1.02. The van der Waals surface area contributed by atoms with Crippen LogP contribution < -0.4 is 5.32 Å². The molecule has 1 aromatic heterocycles. The van der Waals surface area contributed by atoms with Gasteiger partial charge in [-0.3, -0.25) is 4.99 Å². The summed E-state index contributed by atoms with van der Waals surface area (Å²) in [6, 6.07) is 10.7. The molecule has 146 valence electrons. The fourth-order valence-corrected chi connectivity index (χ4v) is 4.20. The van der Waals surface area contributed by atoms with E-state index < -0.39 is 0 Å². The fourth-order valence-electron chi connectivity index (χ4n) is 3.27. The van der Waals surface area contributed by atoms with Crippen LogP contribution in [0, 0.1) is 13.8 Å². The first-order chi connectivity index (χ1) is 12.7. The smallest absolute Gasteiger partial charge is 0.194 e. The summed E-state index contributed by atoms with van der Waals surface area (Å²) < 4.78 is 0. The lowest BCUT2D eigenvalue weighted by Crippen LogP contribution is -2.43. The lowest BCUT2D eigenvalue weighted by molar-refractivity contribution is 0.440. The highest BCUT2D eigenvalue weighted by molar-refractivity contribution is 14.0. The molecule has 27 heavy (non-hydrogen) atoms. The van der Waals surface area contributed by atoms with Crippen molar-refractivity contribution in [3.8, 4) is 0 Å². The van der Waals surface area contributed by atoms with Crippen molar-refractivity contribution >= 4 is 46.8 Å². The number of nitrogens with one attached hydrogen (secondary N) is 1. The molecule has 2 heterocycles. The lowest BCUT2D eigenvalue weighted by Gasteiger charge is -2.30. The van der Waals surface area contributed by atoms with Crippen molar-refractivity contribution in [2.75, 3.05) is 26.2 Å². The van der Waals surface area contributed by atoms with Gasteiger partial charge in [0.05, 0.1) is 10.7 Å². The van der Waals surface area contributed by atoms with Gasteiger partial charge in [-0.05, 0) is 38.3 Å². The van der Waals surface area contributed by atoms with E-state index in [1.165, 1.54) is 16.0 Å². The summed E-state index contributed by atoms with van der Waals surface area (Å²) >= 11 is 1.79. The van der Waals surface area contributed by atoms with Crippen molar-refractivity contribution in [2.45, 2.75) is 33.6 Å². The second-order valence-corrected chi connectivity index (χ2v) is 7.81. The Morgan fingerprint density at radius 2 is 2.04 bits per heavy atom. The summed E-state index contributed by atoms with van der Waals surface area (Å²) in [5.41, 5.74) is 3.93. The zero-order chi connectivity index (χ0) is 18.4. The minimum absolute atomic E-state index is 0. The molecule has 4 nitrogen and oxygen atoms in total. The Morgan fingerprint density at radius 1 is 1.26 bits per heavy atom. The van der Waals surface area contributed by atoms with Crippen LogP contribution in [0.15, 0.2) is 41.4 Å². The normalized spacial score (nSPS) is 14.6. The van der Waals surface area contributed by atoms with E-state index in [4.69, 9.17) is 4.99 Å². The van der Waals surface area contributed by atoms with E-state index in [-0.39, 0.29) is 24.0 Å². The lowest BCUT2D eigenvalue weighted by atomic mass is 10.00. The second-order valence-electron chi connectivity index (χ2n) is 6.52. The van der Waals surface area contributed by atoms with Crippen molar-refractivity contribution in [3.63, 3.8) is 0 Å². The van der Waals surface area contributed by atoms with Gasteiger partial charge in [-0.1, -0.05) is 36.4 Å². The molecule has 0 atom stereocenters. The van der Waals surface area contributed by atoms with E-state index in [1.807, 2.05) is 0 Å². The van der Waals surface area contributed by atoms with Crippen LogP contribution in [0.3, 0.4) is 0 Å². The molecule has 0 spiro atoms. The molecule has 1 aromatic carbocycles. The van der Waals surface area contributed by atoms with Crippen LogP contribution in [0.4, 0.5) is 0 Å². The third-order valence-electron chi connectivity index (χ3n) is 4.59. The number of hydrogen-bond acceptors (Lipinski definition) is 3. The highest BCUT2D eigenvalue weighted by atomic mass is 127. The minimum Gasteiger partial charge on any atom is -0.357 e. The van der Waals surface area contributed by atoms with E-state index in [0.717, 1.165) is 55.7 Å². The number of hydrogen-bond donors (Lipinski definition) is 1. The van der Waals surface area contributed by atoms with Gasteiger partial charge in [0, 0.05) is 37.5 Å². The maximum absolute atomic E-state index is 4.86. The summed E-state index contributed by atoms with van der Waals surface area (Å²) in [6.45, 7) is 9.90. The van der Waals surface area contributed by atoms with Crippen LogP contribution >= 0.6 is 35.3 Å². The van der Waals surface area contributed by atoms with E-state index >= 15 is 0 Å². The number of aryl methyl sites for hydroxylation is 2. The van der Waals surface area contributed by atoms with Gasteiger partial charge >= 0.3 is 0 Å². The van der Waals surface area contributed by atoms with E-state index in [9.17, 15) is 0 Å². The van der Waals surface area contributed by atoms with Gasteiger partial charge in [0.15, 0.2) is 5.96 Å². The summed E-state index contributed by atoms with van der Waals surface area (Å²) in [7, 11) is 0. The molecule has 2 aromatic rings. The Bertz CT molecular complexity index is 783. The number of benzene rings is 1. The number of nitrogens with zero attached hydrogens (tertiary/aromatic N) is 3. The van der Waals surface area contributed by atoms with Crippen molar-refractivity contribution in [1.82, 2.24) is 15.2 Å². The quantitative estimate of drug-likeness (QED) is 0.372. The number of rotatable bonds is 5. The van der Waals surface area contributed by atoms with Crippen LogP contribution in [-0.4, -0.2) is 42.0 Å². The second kappa shape index (κ2) is 10.8. The predicted molar refractivity (Wildman–Crippen MR) is 127 cm³/mol. The number of aliphatic imine (C=N–C) groups is 1. The zero-order valence-electron chi connectivity index (χ0n) is 16.4. The minimum atomic E-state index is 0. The molecule has 0 saturated heterocycles. The standard InChI is InChI=1S/C21H28N4S.HI/c1-4-22-21(23-13-10-20-16(2)24-17(3)26-20)25-14-11-19(12-15-25)18-8-6-5-7-9-18;/h5-9,11H,4,10,12-15H2,1-3H3,(H,22,23);1H. The van der Waals surface area contributed by atoms with Gasteiger partial charge in [-0.2, -0.15) is 0 Å². The molecule has 0 unspecified atom stereocenters. The Morgan fingerprint density at radius 3 is 2.63 bits per heavy atom. The van der Waals surface area contributed by atoms with E-state index in [0.29, 0.717) is 0 Å². The maximum atomic E-state index is 4.86. The molecule has 1 N–H and O–H groups in total. The largest absolute Gasteiger partial charge is 0.357 e. The molecule has 1 aliphatic heterocycles. The number of guanidine groups is 1. The van der Waals surface area contributed by atoms with Crippen LogP contribution in [0.5, 0.6) is 0 Å². The molecule has 1 aliphatic rings. The Kier molecular flexibility index (Phi) is 8.76. The average Bonchev–Trinajstić information content (AvgIpc) is 2.99. The predicted octanol–water partition coefficient (Wildman–Crippen LogP) is 4.68. The number of thiazole rings is 1. The third-order valence-corrected chi connectivity index (χ3v) is 5.72. The molecule has 0 aliphatic carbocycles. The van der Waals surface area contributed by atoms with Gasteiger partial charge in [0.2, 0.25) is 0 Å². The monoisotopic (exact) mass is 496 g/mol. The highest BCUT2D eigenvalue weighted by Gasteiger charge is 2.16. The molecule has 0 radical (unpaired) electrons. The number of halogens is 1. The zero-order valence-corrected chi connectivity index (χ0v) is 19.5. The van der Waals surface area contributed by atoms with Crippen LogP contribution in [0.1, 0.15) is 34.5 Å². The summed E-state index contributed by atoms with van der Waals surface area (Å²) in [5, 5.41) is 4.59. The summed E-state index contributed by atoms with van der Waals surface area (Å²) in [6.07, 6.45) is 4.36. The van der Waals surface area contributed by atoms with Crippen LogP contribution in [-0.2, 0) is 6.42 Å². The average molecular weight is 496 g/mol. The first-order valence-electron chi connectivity index (χ1n) is 9.38. The van der Waals surface area contributed by atoms with Gasteiger partial charge in [-0.15, -0.1) is 35.3 Å². The van der Waals surface area contributed by atoms with E-state index in [1.54, 1.807) is 11.3 Å². The topological polar surface area (TPSA) is 40.5 Å². The van der Waals surface area contributed by atoms with Crippen LogP contribution in [0.2, 0.25) is 0 Å². The first-order valence-corrected chi connectivity index (χ1v) is 10.2. The molecule has 6 heteroatoms. The highest BCUT2D eigenvalue weighted by Crippen LogP contribution is 2.22. The Balaban J connectivity index is 0.00000261. The number of aromatic nitrogens is 1. The van der Waals surface area contributed by atoms with Gasteiger partial charge in [0.25, 0.3) is 0 Å². The molecular weight excluding hydrogens is 467 g/mol. The van der Waals surface area contributed by atoms with Gasteiger partial charge < -0.3 is 10.2 Å². The molecule has 0 amide bonds. The van der Waals surface area contributed by atoms with Crippen molar-refractivity contribution in [1.29, 1.82) is 0 Å². The molecule has 0 saturated carbocycles. The Labute approximate surface area is 183 Å². The SMILES string of the molecule is CCNC(=NCCc1sc(C)nc1C)N1CC=C(c2ccccc2)CC1.I.